The lowest BCUT2D eigenvalue weighted by atomic mass is 9.93. The van der Waals surface area contributed by atoms with Crippen LogP contribution < -0.4 is 0 Å². The number of carbonyl (C=O) groups excluding carboxylic acids is 1. The number of carbonyl (C=O) groups is 1. The smallest absolute Gasteiger partial charge is 0.132 e. The fourth-order valence-electron chi connectivity index (χ4n) is 2.76. The minimum Gasteiger partial charge on any atom is -0.380 e. The highest BCUT2D eigenvalue weighted by molar-refractivity contribution is 5.75. The van der Waals surface area contributed by atoms with Crippen LogP contribution in [0.5, 0.6) is 0 Å². The second-order valence-corrected chi connectivity index (χ2v) is 5.69. The van der Waals surface area contributed by atoms with E-state index in [2.05, 4.69) is 18.7 Å². The molecule has 1 rings (SSSR count). The molecule has 3 heteroatoms. The number of Topliss-reactive ketones (excluding diaryl/α,β-unsaturated/α-hetero) is 1. The lowest BCUT2D eigenvalue weighted by Crippen LogP contribution is -2.43. The summed E-state index contributed by atoms with van der Waals surface area (Å²) in [6, 6.07) is 1.33. The van der Waals surface area contributed by atoms with Gasteiger partial charge in [-0.05, 0) is 33.6 Å². The summed E-state index contributed by atoms with van der Waals surface area (Å²) in [6.45, 7) is 8.48. The molecule has 1 aliphatic carbocycles. The largest absolute Gasteiger partial charge is 0.380 e. The Labute approximate surface area is 112 Å². The third-order valence-corrected chi connectivity index (χ3v) is 3.80. The van der Waals surface area contributed by atoms with Crippen molar-refractivity contribution in [2.24, 2.45) is 0 Å². The summed E-state index contributed by atoms with van der Waals surface area (Å²) in [5, 5.41) is 0. The Morgan fingerprint density at radius 2 is 1.89 bits per heavy atom. The Hall–Kier alpha value is -0.410. The van der Waals surface area contributed by atoms with Gasteiger partial charge in [-0.3, -0.25) is 9.69 Å². The van der Waals surface area contributed by atoms with Gasteiger partial charge in [0.25, 0.3) is 0 Å². The minimum atomic E-state index is 0.211. The van der Waals surface area contributed by atoms with Gasteiger partial charge < -0.3 is 4.74 Å². The molecule has 1 saturated carbocycles. The molecule has 0 spiro atoms. The highest BCUT2D eigenvalue weighted by atomic mass is 16.5. The summed E-state index contributed by atoms with van der Waals surface area (Å²) in [5.41, 5.74) is 0. The first kappa shape index (κ1) is 15.6. The first-order valence-electron chi connectivity index (χ1n) is 7.44. The molecule has 0 N–H and O–H groups in total. The van der Waals surface area contributed by atoms with E-state index < -0.39 is 0 Å². The summed E-state index contributed by atoms with van der Waals surface area (Å²) in [5.74, 6) is 0.211. The third kappa shape index (κ3) is 5.96. The maximum atomic E-state index is 10.8. The first-order chi connectivity index (χ1) is 8.61. The van der Waals surface area contributed by atoms with Crippen molar-refractivity contribution >= 4 is 5.78 Å². The number of ether oxygens (including phenoxy) is 1. The highest BCUT2D eigenvalue weighted by Crippen LogP contribution is 2.23. The molecule has 0 aromatic carbocycles. The van der Waals surface area contributed by atoms with E-state index >= 15 is 0 Å². The average Bonchev–Trinajstić information content (AvgIpc) is 2.34. The van der Waals surface area contributed by atoms with Crippen LogP contribution in [-0.2, 0) is 9.53 Å². The SMILES string of the molecule is CC(=O)CCOCCN(C(C)C)C1CCCCC1. The van der Waals surface area contributed by atoms with Crippen molar-refractivity contribution in [3.8, 4) is 0 Å². The van der Waals surface area contributed by atoms with Crippen LogP contribution in [0.4, 0.5) is 0 Å². The summed E-state index contributed by atoms with van der Waals surface area (Å²) >= 11 is 0. The van der Waals surface area contributed by atoms with Crippen molar-refractivity contribution in [3.63, 3.8) is 0 Å². The van der Waals surface area contributed by atoms with E-state index in [1.54, 1.807) is 6.92 Å². The van der Waals surface area contributed by atoms with Gasteiger partial charge in [0.15, 0.2) is 0 Å². The lowest BCUT2D eigenvalue weighted by molar-refractivity contribution is -0.118. The zero-order valence-corrected chi connectivity index (χ0v) is 12.3. The van der Waals surface area contributed by atoms with Crippen molar-refractivity contribution in [1.29, 1.82) is 0 Å². The maximum absolute atomic E-state index is 10.8. The van der Waals surface area contributed by atoms with Gasteiger partial charge in [-0.1, -0.05) is 19.3 Å². The summed E-state index contributed by atoms with van der Waals surface area (Å²) in [6.07, 6.45) is 7.37. The Morgan fingerprint density at radius 3 is 2.44 bits per heavy atom. The van der Waals surface area contributed by atoms with Gasteiger partial charge in [0.05, 0.1) is 13.2 Å². The molecular weight excluding hydrogens is 226 g/mol. The van der Waals surface area contributed by atoms with Gasteiger partial charge in [-0.15, -0.1) is 0 Å². The molecule has 0 aromatic heterocycles. The Balaban J connectivity index is 2.23. The molecule has 0 bridgehead atoms. The fraction of sp³-hybridized carbons (Fsp3) is 0.933. The Bertz CT molecular complexity index is 235. The van der Waals surface area contributed by atoms with Crippen LogP contribution in [0.15, 0.2) is 0 Å². The summed E-state index contributed by atoms with van der Waals surface area (Å²) in [7, 11) is 0. The molecule has 3 nitrogen and oxygen atoms in total. The molecule has 0 aromatic rings. The van der Waals surface area contributed by atoms with Crippen molar-refractivity contribution in [2.45, 2.75) is 71.4 Å². The molecule has 18 heavy (non-hydrogen) atoms. The molecule has 1 aliphatic rings. The lowest BCUT2D eigenvalue weighted by Gasteiger charge is -2.37. The molecular formula is C15H29NO2. The van der Waals surface area contributed by atoms with Crippen molar-refractivity contribution in [3.05, 3.63) is 0 Å². The molecule has 106 valence electrons. The molecule has 0 heterocycles. The van der Waals surface area contributed by atoms with E-state index in [9.17, 15) is 4.79 Å². The van der Waals surface area contributed by atoms with Gasteiger partial charge in [-0.2, -0.15) is 0 Å². The molecule has 0 saturated heterocycles. The van der Waals surface area contributed by atoms with E-state index in [1.165, 1.54) is 32.1 Å². The van der Waals surface area contributed by atoms with Crippen molar-refractivity contribution in [1.82, 2.24) is 4.90 Å². The quantitative estimate of drug-likeness (QED) is 0.624. The van der Waals surface area contributed by atoms with Gasteiger partial charge in [0.1, 0.15) is 5.78 Å². The van der Waals surface area contributed by atoms with Crippen LogP contribution in [0.1, 0.15) is 59.3 Å². The van der Waals surface area contributed by atoms with Crippen molar-refractivity contribution < 1.29 is 9.53 Å². The molecule has 0 aliphatic heterocycles. The number of rotatable bonds is 8. The zero-order chi connectivity index (χ0) is 13.4. The second-order valence-electron chi connectivity index (χ2n) is 5.69. The van der Waals surface area contributed by atoms with Gasteiger partial charge in [0, 0.05) is 25.0 Å². The fourth-order valence-corrected chi connectivity index (χ4v) is 2.76. The van der Waals surface area contributed by atoms with E-state index in [0.717, 1.165) is 19.2 Å². The van der Waals surface area contributed by atoms with Crippen LogP contribution in [-0.4, -0.2) is 42.5 Å². The van der Waals surface area contributed by atoms with Crippen LogP contribution >= 0.6 is 0 Å². The van der Waals surface area contributed by atoms with Crippen LogP contribution in [0, 0.1) is 0 Å². The zero-order valence-electron chi connectivity index (χ0n) is 12.3. The molecule has 1 fully saturated rings. The highest BCUT2D eigenvalue weighted by Gasteiger charge is 2.22. The van der Waals surface area contributed by atoms with Crippen LogP contribution in [0.2, 0.25) is 0 Å². The van der Waals surface area contributed by atoms with E-state index in [0.29, 0.717) is 19.1 Å². The number of hydrogen-bond donors (Lipinski definition) is 0. The number of ketones is 1. The topological polar surface area (TPSA) is 29.5 Å². The monoisotopic (exact) mass is 255 g/mol. The number of nitrogens with zero attached hydrogens (tertiary/aromatic N) is 1. The Morgan fingerprint density at radius 1 is 1.22 bits per heavy atom. The van der Waals surface area contributed by atoms with Crippen molar-refractivity contribution in [2.75, 3.05) is 19.8 Å². The minimum absolute atomic E-state index is 0.211. The summed E-state index contributed by atoms with van der Waals surface area (Å²) in [4.78, 5) is 13.4. The van der Waals surface area contributed by atoms with E-state index in [-0.39, 0.29) is 5.78 Å². The predicted molar refractivity (Wildman–Crippen MR) is 74.8 cm³/mol. The average molecular weight is 255 g/mol. The molecule has 0 amide bonds. The standard InChI is InChI=1S/C15H29NO2/c1-13(2)16(15-7-5-4-6-8-15)10-12-18-11-9-14(3)17/h13,15H,4-12H2,1-3H3. The van der Waals surface area contributed by atoms with Gasteiger partial charge >= 0.3 is 0 Å². The van der Waals surface area contributed by atoms with Crippen LogP contribution in [0.25, 0.3) is 0 Å². The van der Waals surface area contributed by atoms with E-state index in [1.807, 2.05) is 0 Å². The van der Waals surface area contributed by atoms with Gasteiger partial charge in [0.2, 0.25) is 0 Å². The first-order valence-corrected chi connectivity index (χ1v) is 7.44. The second kappa shape index (κ2) is 8.65. The summed E-state index contributed by atoms with van der Waals surface area (Å²) < 4.78 is 5.55. The molecule has 0 unspecified atom stereocenters. The van der Waals surface area contributed by atoms with Gasteiger partial charge in [-0.25, -0.2) is 0 Å². The molecule has 0 atom stereocenters. The van der Waals surface area contributed by atoms with E-state index in [4.69, 9.17) is 4.74 Å². The number of hydrogen-bond acceptors (Lipinski definition) is 3. The third-order valence-electron chi connectivity index (χ3n) is 3.80. The predicted octanol–water partition coefficient (Wildman–Crippen LogP) is 3.03. The normalized spacial score (nSPS) is 17.6. The molecule has 0 radical (unpaired) electrons. The maximum Gasteiger partial charge on any atom is 0.132 e. The van der Waals surface area contributed by atoms with Crippen LogP contribution in [0.3, 0.4) is 0 Å². The Kier molecular flexibility index (Phi) is 7.52.